The number of hydrogen-bond donors (Lipinski definition) is 0. The van der Waals surface area contributed by atoms with Crippen LogP contribution in [0.4, 0.5) is 34.1 Å². The predicted octanol–water partition coefficient (Wildman–Crippen LogP) is 12.7. The van der Waals surface area contributed by atoms with E-state index >= 15 is 0 Å². The van der Waals surface area contributed by atoms with E-state index in [1.165, 1.54) is 69.2 Å². The largest absolute Gasteiger partial charge is 0.310 e. The Bertz CT molecular complexity index is 2270. The molecule has 0 heterocycles. The number of anilines is 6. The van der Waals surface area contributed by atoms with Crippen molar-refractivity contribution in [2.45, 2.75) is 31.1 Å². The lowest BCUT2D eigenvalue weighted by Gasteiger charge is -2.40. The molecule has 0 bridgehead atoms. The van der Waals surface area contributed by atoms with Crippen LogP contribution in [0.1, 0.15) is 35.1 Å². The van der Waals surface area contributed by atoms with Gasteiger partial charge < -0.3 is 9.80 Å². The maximum Gasteiger partial charge on any atom is 0.0505 e. The van der Waals surface area contributed by atoms with Gasteiger partial charge in [-0.25, -0.2) is 0 Å². The Balaban J connectivity index is 1.20. The van der Waals surface area contributed by atoms with Crippen molar-refractivity contribution in [2.75, 3.05) is 9.80 Å². The molecule has 0 saturated heterocycles. The van der Waals surface area contributed by atoms with Crippen LogP contribution in [0.5, 0.6) is 0 Å². The molecule has 7 aromatic rings. The first kappa shape index (κ1) is 30.0. The van der Waals surface area contributed by atoms with Crippen molar-refractivity contribution >= 4 is 34.1 Å². The highest BCUT2D eigenvalue weighted by atomic mass is 15.2. The molecule has 0 aliphatic heterocycles. The Labute approximate surface area is 301 Å². The van der Waals surface area contributed by atoms with Crippen LogP contribution in [0.25, 0.3) is 11.1 Å². The molecule has 3 atom stereocenters. The maximum atomic E-state index is 2.53. The average molecular weight is 657 g/mol. The summed E-state index contributed by atoms with van der Waals surface area (Å²) in [5.74, 6) is 1.13. The second kappa shape index (κ2) is 12.2. The SMILES string of the molecule is c1ccc(-c2ccc(N(c3ccccc3)c3cccc4c3C35c6c(cccc6N(c6ccccc6)c6ccccc6)CC3CCC5C4)cc2)cc1. The Kier molecular flexibility index (Phi) is 7.16. The lowest BCUT2D eigenvalue weighted by molar-refractivity contribution is 0.350. The van der Waals surface area contributed by atoms with Gasteiger partial charge in [-0.15, -0.1) is 0 Å². The molecule has 1 saturated carbocycles. The molecule has 246 valence electrons. The van der Waals surface area contributed by atoms with Crippen LogP contribution in [0.15, 0.2) is 182 Å². The van der Waals surface area contributed by atoms with Crippen LogP contribution in [0, 0.1) is 11.8 Å². The minimum atomic E-state index is -0.0727. The van der Waals surface area contributed by atoms with Crippen LogP contribution in [0.3, 0.4) is 0 Å². The molecule has 2 nitrogen and oxygen atoms in total. The van der Waals surface area contributed by atoms with E-state index in [0.717, 1.165) is 12.8 Å². The highest BCUT2D eigenvalue weighted by Crippen LogP contribution is 2.68. The zero-order valence-electron chi connectivity index (χ0n) is 28.7. The van der Waals surface area contributed by atoms with Crippen molar-refractivity contribution in [3.05, 3.63) is 204 Å². The first-order valence-corrected chi connectivity index (χ1v) is 18.5. The molecule has 3 aliphatic carbocycles. The van der Waals surface area contributed by atoms with Crippen molar-refractivity contribution in [3.8, 4) is 11.1 Å². The van der Waals surface area contributed by atoms with E-state index in [1.807, 2.05) is 0 Å². The van der Waals surface area contributed by atoms with Gasteiger partial charge in [0.25, 0.3) is 0 Å². The zero-order valence-corrected chi connectivity index (χ0v) is 28.7. The lowest BCUT2D eigenvalue weighted by Crippen LogP contribution is -2.34. The molecule has 3 unspecified atom stereocenters. The van der Waals surface area contributed by atoms with Gasteiger partial charge >= 0.3 is 0 Å². The van der Waals surface area contributed by atoms with Gasteiger partial charge in [0.15, 0.2) is 0 Å². The van der Waals surface area contributed by atoms with E-state index in [4.69, 9.17) is 0 Å². The highest BCUT2D eigenvalue weighted by molar-refractivity contribution is 5.86. The van der Waals surface area contributed by atoms with Gasteiger partial charge in [0.05, 0.1) is 11.4 Å². The van der Waals surface area contributed by atoms with Crippen LogP contribution < -0.4 is 9.80 Å². The van der Waals surface area contributed by atoms with Crippen molar-refractivity contribution in [1.82, 2.24) is 0 Å². The molecule has 1 fully saturated rings. The molecule has 0 radical (unpaired) electrons. The summed E-state index contributed by atoms with van der Waals surface area (Å²) < 4.78 is 0. The summed E-state index contributed by atoms with van der Waals surface area (Å²) >= 11 is 0. The molecule has 2 heteroatoms. The van der Waals surface area contributed by atoms with Crippen LogP contribution in [-0.2, 0) is 18.3 Å². The van der Waals surface area contributed by atoms with E-state index in [0.29, 0.717) is 11.8 Å². The summed E-state index contributed by atoms with van der Waals surface area (Å²) in [5.41, 5.74) is 15.9. The molecular weight excluding hydrogens is 617 g/mol. The molecule has 0 aromatic heterocycles. The topological polar surface area (TPSA) is 6.48 Å². The molecule has 0 N–H and O–H groups in total. The minimum Gasteiger partial charge on any atom is -0.310 e. The van der Waals surface area contributed by atoms with Crippen LogP contribution in [-0.4, -0.2) is 0 Å². The second-order valence-electron chi connectivity index (χ2n) is 14.5. The van der Waals surface area contributed by atoms with Gasteiger partial charge in [-0.3, -0.25) is 0 Å². The van der Waals surface area contributed by atoms with Gasteiger partial charge in [0.1, 0.15) is 0 Å². The van der Waals surface area contributed by atoms with E-state index in [-0.39, 0.29) is 5.41 Å². The molecule has 10 rings (SSSR count). The summed E-state index contributed by atoms with van der Waals surface area (Å²) in [5, 5.41) is 0. The molecule has 7 aromatic carbocycles. The number of para-hydroxylation sites is 3. The Hall–Kier alpha value is -5.86. The Morgan fingerprint density at radius 3 is 1.16 bits per heavy atom. The van der Waals surface area contributed by atoms with Gasteiger partial charge in [-0.1, -0.05) is 121 Å². The number of fused-ring (bicyclic) bond motifs is 2. The van der Waals surface area contributed by atoms with Gasteiger partial charge in [-0.05, 0) is 132 Å². The fourth-order valence-corrected chi connectivity index (χ4v) is 10.1. The van der Waals surface area contributed by atoms with Gasteiger partial charge in [-0.2, -0.15) is 0 Å². The van der Waals surface area contributed by atoms with E-state index in [2.05, 4.69) is 192 Å². The fourth-order valence-electron chi connectivity index (χ4n) is 10.1. The van der Waals surface area contributed by atoms with Gasteiger partial charge in [0.2, 0.25) is 0 Å². The highest BCUT2D eigenvalue weighted by Gasteiger charge is 2.62. The second-order valence-corrected chi connectivity index (χ2v) is 14.5. The smallest absolute Gasteiger partial charge is 0.0505 e. The minimum absolute atomic E-state index is 0.0727. The first-order chi connectivity index (χ1) is 25.3. The third-order valence-electron chi connectivity index (χ3n) is 11.9. The normalized spacial score (nSPS) is 19.5. The third kappa shape index (κ3) is 4.70. The summed E-state index contributed by atoms with van der Waals surface area (Å²) in [4.78, 5) is 5.05. The Morgan fingerprint density at radius 1 is 0.353 bits per heavy atom. The summed E-state index contributed by atoms with van der Waals surface area (Å²) in [6, 6.07) is 67.0. The quantitative estimate of drug-likeness (QED) is 0.168. The summed E-state index contributed by atoms with van der Waals surface area (Å²) in [7, 11) is 0. The molecule has 3 aliphatic rings. The van der Waals surface area contributed by atoms with E-state index in [1.54, 1.807) is 11.1 Å². The fraction of sp³-hybridized carbons (Fsp3) is 0.143. The number of hydrogen-bond acceptors (Lipinski definition) is 2. The van der Waals surface area contributed by atoms with E-state index in [9.17, 15) is 0 Å². The number of rotatable bonds is 7. The first-order valence-electron chi connectivity index (χ1n) is 18.5. The number of nitrogens with zero attached hydrogens (tertiary/aromatic N) is 2. The lowest BCUT2D eigenvalue weighted by atomic mass is 9.68. The molecule has 51 heavy (non-hydrogen) atoms. The standard InChI is InChI=1S/C49H40N2/c1-5-15-35(16-6-1)36-27-31-44(32-28-36)51(43-23-11-4-12-24-43)46-26-14-18-38-34-40-30-29-39-33-37-17-13-25-45(47(37)49(39,40)48(38)46)50(41-19-7-2-8-20-41)42-21-9-3-10-22-42/h1-28,31-32,39-40H,29-30,33-34H2. The van der Waals surface area contributed by atoms with Crippen molar-refractivity contribution in [1.29, 1.82) is 0 Å². The van der Waals surface area contributed by atoms with E-state index < -0.39 is 0 Å². The van der Waals surface area contributed by atoms with Crippen molar-refractivity contribution < 1.29 is 0 Å². The third-order valence-corrected chi connectivity index (χ3v) is 11.9. The monoisotopic (exact) mass is 656 g/mol. The number of benzene rings is 7. The molecular formula is C49H40N2. The van der Waals surface area contributed by atoms with Crippen molar-refractivity contribution in [3.63, 3.8) is 0 Å². The maximum absolute atomic E-state index is 2.53. The summed E-state index contributed by atoms with van der Waals surface area (Å²) in [6.07, 6.45) is 4.78. The Morgan fingerprint density at radius 2 is 0.725 bits per heavy atom. The molecule has 1 spiro atoms. The zero-order chi connectivity index (χ0) is 33.8. The molecule has 0 amide bonds. The van der Waals surface area contributed by atoms with Crippen molar-refractivity contribution in [2.24, 2.45) is 11.8 Å². The van der Waals surface area contributed by atoms with Crippen LogP contribution in [0.2, 0.25) is 0 Å². The predicted molar refractivity (Wildman–Crippen MR) is 212 cm³/mol. The van der Waals surface area contributed by atoms with Gasteiger partial charge in [0, 0.05) is 28.2 Å². The van der Waals surface area contributed by atoms with Crippen LogP contribution >= 0.6 is 0 Å². The summed E-state index contributed by atoms with van der Waals surface area (Å²) in [6.45, 7) is 0. The average Bonchev–Trinajstić information content (AvgIpc) is 3.83.